The Morgan fingerprint density at radius 3 is 2.46 bits per heavy atom. The van der Waals surface area contributed by atoms with Crippen LogP contribution >= 0.6 is 0 Å². The molecule has 0 saturated heterocycles. The Bertz CT molecular complexity index is 277. The van der Waals surface area contributed by atoms with Crippen molar-refractivity contribution in [3.63, 3.8) is 0 Å². The first kappa shape index (κ1) is 11.4. The van der Waals surface area contributed by atoms with Crippen molar-refractivity contribution in [1.29, 1.82) is 0 Å². The highest BCUT2D eigenvalue weighted by atomic mass is 16.4. The third kappa shape index (κ3) is 5.60. The Morgan fingerprint density at radius 1 is 1.69 bits per heavy atom. The average molecular weight is 184 g/mol. The fourth-order valence-electron chi connectivity index (χ4n) is 0.660. The van der Waals surface area contributed by atoms with Crippen LogP contribution in [-0.2, 0) is 16.1 Å². The topological polar surface area (TPSA) is 66.0 Å². The summed E-state index contributed by atoms with van der Waals surface area (Å²) < 4.78 is 3.40. The number of carbonyl (C=O) groups is 2. The largest absolute Gasteiger partial charge is 0.550 e. The first-order valence-corrected chi connectivity index (χ1v) is 3.79. The zero-order valence-electron chi connectivity index (χ0n) is 7.64. The van der Waals surface area contributed by atoms with E-state index in [0.717, 1.165) is 19.9 Å². The van der Waals surface area contributed by atoms with E-state index in [9.17, 15) is 4.79 Å². The molecule has 1 aromatic heterocycles. The van der Waals surface area contributed by atoms with Gasteiger partial charge in [-0.15, -0.1) is 0 Å². The highest BCUT2D eigenvalue weighted by molar-refractivity contribution is 5.60. The van der Waals surface area contributed by atoms with Gasteiger partial charge in [-0.05, 0) is 13.8 Å². The minimum atomic E-state index is -1.08. The lowest BCUT2D eigenvalue weighted by atomic mass is 10.7. The maximum absolute atomic E-state index is 10.1. The quantitative estimate of drug-likeness (QED) is 0.419. The lowest BCUT2D eigenvalue weighted by molar-refractivity contribution is -0.692. The summed E-state index contributed by atoms with van der Waals surface area (Å²) in [4.78, 5) is 19.0. The maximum atomic E-state index is 10.1. The highest BCUT2D eigenvalue weighted by Gasteiger charge is 1.96. The monoisotopic (exact) mass is 184 g/mol. The summed E-state index contributed by atoms with van der Waals surface area (Å²) in [7, 11) is 0. The third-order valence-corrected chi connectivity index (χ3v) is 1.20. The third-order valence-electron chi connectivity index (χ3n) is 1.20. The number of carboxylic acid groups (broad SMARTS) is 1. The predicted molar refractivity (Wildman–Crippen MR) is 43.1 cm³/mol. The molecular formula is C8H12N2O3. The molecule has 0 bridgehead atoms. The van der Waals surface area contributed by atoms with Gasteiger partial charge in [-0.1, -0.05) is 0 Å². The summed E-state index contributed by atoms with van der Waals surface area (Å²) >= 11 is 0. The zero-order valence-corrected chi connectivity index (χ0v) is 7.64. The van der Waals surface area contributed by atoms with Crippen molar-refractivity contribution < 1.29 is 19.3 Å². The summed E-state index contributed by atoms with van der Waals surface area (Å²) in [6.45, 7) is 3.90. The van der Waals surface area contributed by atoms with Crippen LogP contribution in [0.3, 0.4) is 0 Å². The molecule has 72 valence electrons. The first-order chi connectivity index (χ1) is 6.10. The van der Waals surface area contributed by atoms with Crippen LogP contribution in [-0.4, -0.2) is 16.9 Å². The summed E-state index contributed by atoms with van der Waals surface area (Å²) in [5, 5.41) is 8.89. The van der Waals surface area contributed by atoms with E-state index in [1.54, 1.807) is 12.5 Å². The van der Waals surface area contributed by atoms with Crippen LogP contribution in [0.2, 0.25) is 0 Å². The number of rotatable bonds is 2. The molecule has 0 aromatic carbocycles. The summed E-state index contributed by atoms with van der Waals surface area (Å²) in [5.41, 5.74) is 0. The van der Waals surface area contributed by atoms with E-state index < -0.39 is 5.97 Å². The number of aryl methyl sites for hydroxylation is 1. The van der Waals surface area contributed by atoms with Gasteiger partial charge in [-0.25, -0.2) is 4.57 Å². The van der Waals surface area contributed by atoms with Gasteiger partial charge in [0.1, 0.15) is 12.4 Å². The number of hydrogen-bond donors (Lipinski definition) is 0. The van der Waals surface area contributed by atoms with Gasteiger partial charge in [0.15, 0.2) is 0 Å². The van der Waals surface area contributed by atoms with Gasteiger partial charge < -0.3 is 9.90 Å². The molecule has 0 fully saturated rings. The molecule has 0 aliphatic rings. The molecule has 1 aromatic rings. The van der Waals surface area contributed by atoms with Gasteiger partial charge in [0.25, 0.3) is 6.33 Å². The van der Waals surface area contributed by atoms with Crippen molar-refractivity contribution in [1.82, 2.24) is 4.57 Å². The van der Waals surface area contributed by atoms with Gasteiger partial charge in [-0.3, -0.25) is 4.79 Å². The van der Waals surface area contributed by atoms with Crippen LogP contribution in [0.15, 0.2) is 18.7 Å². The molecule has 13 heavy (non-hydrogen) atoms. The van der Waals surface area contributed by atoms with Crippen LogP contribution in [0.25, 0.3) is 0 Å². The minimum absolute atomic E-state index is 0.770. The van der Waals surface area contributed by atoms with Gasteiger partial charge in [0, 0.05) is 5.97 Å². The molecule has 0 aliphatic heterocycles. The highest BCUT2D eigenvalue weighted by Crippen LogP contribution is 1.75. The van der Waals surface area contributed by atoms with E-state index in [2.05, 4.69) is 0 Å². The summed E-state index contributed by atoms with van der Waals surface area (Å²) in [6, 6.07) is 0. The van der Waals surface area contributed by atoms with E-state index in [4.69, 9.17) is 9.90 Å². The molecule has 0 N–H and O–H groups in total. The average Bonchev–Trinajstić information content (AvgIpc) is 2.50. The Hall–Kier alpha value is -1.65. The van der Waals surface area contributed by atoms with Crippen molar-refractivity contribution in [3.05, 3.63) is 18.7 Å². The van der Waals surface area contributed by atoms with Crippen LogP contribution in [0.5, 0.6) is 0 Å². The fourth-order valence-corrected chi connectivity index (χ4v) is 0.660. The second-order valence-electron chi connectivity index (χ2n) is 2.29. The number of aromatic nitrogens is 2. The SMILES string of the molecule is CC(=O)[O-].CC[n+]1ccn(C=O)c1. The molecule has 0 atom stereocenters. The molecule has 0 spiro atoms. The van der Waals surface area contributed by atoms with Crippen molar-refractivity contribution in [3.8, 4) is 0 Å². The predicted octanol–water partition coefficient (Wildman–Crippen LogP) is -1.41. The smallest absolute Gasteiger partial charge is 0.301 e. The standard InChI is InChI=1S/C6H9N2O.C2H4O2/c1-2-7-3-4-8(5-7)6-9;1-2(3)4/h3-6H,2H2,1H3;1H3,(H,3,4)/q+1;/p-1. The van der Waals surface area contributed by atoms with E-state index >= 15 is 0 Å². The lowest BCUT2D eigenvalue weighted by Crippen LogP contribution is -2.28. The van der Waals surface area contributed by atoms with Gasteiger partial charge in [0.2, 0.25) is 0 Å². The van der Waals surface area contributed by atoms with Crippen LogP contribution in [0.4, 0.5) is 0 Å². The maximum Gasteiger partial charge on any atom is 0.301 e. The Labute approximate surface area is 76.2 Å². The second kappa shape index (κ2) is 5.93. The lowest BCUT2D eigenvalue weighted by Gasteiger charge is -1.80. The van der Waals surface area contributed by atoms with E-state index in [0.29, 0.717) is 0 Å². The van der Waals surface area contributed by atoms with Gasteiger partial charge >= 0.3 is 6.41 Å². The molecule has 0 amide bonds. The molecule has 0 unspecified atom stereocenters. The number of nitrogens with zero attached hydrogens (tertiary/aromatic N) is 2. The van der Waals surface area contributed by atoms with Crippen molar-refractivity contribution >= 4 is 12.4 Å². The molecule has 1 rings (SSSR count). The molecule has 0 saturated carbocycles. The number of aliphatic carboxylic acids is 1. The van der Waals surface area contributed by atoms with Gasteiger partial charge in [0.05, 0.1) is 6.54 Å². The fraction of sp³-hybridized carbons (Fsp3) is 0.375. The first-order valence-electron chi connectivity index (χ1n) is 3.79. The molecule has 5 nitrogen and oxygen atoms in total. The Balaban J connectivity index is 0.000000310. The Kier molecular flexibility index (Phi) is 5.18. The van der Waals surface area contributed by atoms with Gasteiger partial charge in [-0.2, -0.15) is 4.57 Å². The van der Waals surface area contributed by atoms with E-state index in [1.807, 2.05) is 17.7 Å². The van der Waals surface area contributed by atoms with Crippen molar-refractivity contribution in [2.75, 3.05) is 0 Å². The Morgan fingerprint density at radius 2 is 2.23 bits per heavy atom. The normalized spacial score (nSPS) is 8.46. The number of carbonyl (C=O) groups excluding carboxylic acids is 2. The van der Waals surface area contributed by atoms with Crippen molar-refractivity contribution in [2.45, 2.75) is 20.4 Å². The number of carboxylic acids is 1. The van der Waals surface area contributed by atoms with Crippen LogP contribution in [0, 0.1) is 0 Å². The van der Waals surface area contributed by atoms with E-state index in [-0.39, 0.29) is 0 Å². The second-order valence-corrected chi connectivity index (χ2v) is 2.29. The minimum Gasteiger partial charge on any atom is -0.550 e. The molecule has 1 heterocycles. The zero-order chi connectivity index (χ0) is 10.3. The summed E-state index contributed by atoms with van der Waals surface area (Å²) in [6.07, 6.45) is 6.09. The van der Waals surface area contributed by atoms with E-state index in [1.165, 1.54) is 4.57 Å². The van der Waals surface area contributed by atoms with Crippen molar-refractivity contribution in [2.24, 2.45) is 0 Å². The number of hydrogen-bond acceptors (Lipinski definition) is 3. The molecule has 0 aliphatic carbocycles. The summed E-state index contributed by atoms with van der Waals surface area (Å²) in [5.74, 6) is -1.08. The molecular weight excluding hydrogens is 172 g/mol. The molecule has 0 radical (unpaired) electrons. The van der Waals surface area contributed by atoms with Crippen LogP contribution < -0.4 is 9.67 Å². The molecule has 5 heteroatoms. The number of imidazole rings is 1. The van der Waals surface area contributed by atoms with Crippen LogP contribution in [0.1, 0.15) is 13.8 Å².